The van der Waals surface area contributed by atoms with Crippen molar-refractivity contribution in [2.45, 2.75) is 32.7 Å². The summed E-state index contributed by atoms with van der Waals surface area (Å²) in [7, 11) is 0. The Bertz CT molecular complexity index is 174. The van der Waals surface area contributed by atoms with Crippen molar-refractivity contribution in [3.05, 3.63) is 12.3 Å². The van der Waals surface area contributed by atoms with E-state index < -0.39 is 0 Å². The molecule has 0 amide bonds. The van der Waals surface area contributed by atoms with Crippen LogP contribution in [0, 0.1) is 0 Å². The zero-order chi connectivity index (χ0) is 8.27. The number of hydrogen-bond donors (Lipinski definition) is 0. The summed E-state index contributed by atoms with van der Waals surface area (Å²) in [6.07, 6.45) is 5.53. The molecule has 1 atom stereocenters. The molecular formula is C9H15NO. The summed E-state index contributed by atoms with van der Waals surface area (Å²) < 4.78 is 0. The number of carbonyl (C=O) groups is 1. The first kappa shape index (κ1) is 8.31. The lowest BCUT2D eigenvalue weighted by molar-refractivity contribution is -0.123. The highest BCUT2D eigenvalue weighted by Gasteiger charge is 2.22. The van der Waals surface area contributed by atoms with Gasteiger partial charge in [-0.25, -0.2) is 0 Å². The second kappa shape index (κ2) is 3.56. The average molecular weight is 153 g/mol. The van der Waals surface area contributed by atoms with Gasteiger partial charge in [0.1, 0.15) is 0 Å². The summed E-state index contributed by atoms with van der Waals surface area (Å²) in [5.74, 6) is 0.358. The number of rotatable bonds is 2. The third-order valence-electron chi connectivity index (χ3n) is 2.14. The fourth-order valence-electron chi connectivity index (χ4n) is 1.52. The van der Waals surface area contributed by atoms with Gasteiger partial charge in [-0.3, -0.25) is 4.79 Å². The minimum atomic E-state index is 0.144. The third-order valence-corrected chi connectivity index (χ3v) is 2.14. The quantitative estimate of drug-likeness (QED) is 0.600. The first-order valence-corrected chi connectivity index (χ1v) is 4.24. The number of carbonyl (C=O) groups excluding carboxylic acids is 1. The molecule has 1 rings (SSSR count). The van der Waals surface area contributed by atoms with Crippen LogP contribution in [0.15, 0.2) is 12.3 Å². The molecule has 1 heterocycles. The molecule has 0 saturated heterocycles. The van der Waals surface area contributed by atoms with Crippen molar-refractivity contribution in [1.29, 1.82) is 0 Å². The fraction of sp³-hybridized carbons (Fsp3) is 0.667. The zero-order valence-corrected chi connectivity index (χ0v) is 7.21. The molecule has 0 N–H and O–H groups in total. The predicted molar refractivity (Wildman–Crippen MR) is 45.2 cm³/mol. The van der Waals surface area contributed by atoms with Crippen molar-refractivity contribution in [2.24, 2.45) is 0 Å². The zero-order valence-electron chi connectivity index (χ0n) is 7.21. The summed E-state index contributed by atoms with van der Waals surface area (Å²) in [6, 6.07) is 0.144. The van der Waals surface area contributed by atoms with Crippen LogP contribution in [0.3, 0.4) is 0 Å². The van der Waals surface area contributed by atoms with E-state index in [9.17, 15) is 4.79 Å². The Morgan fingerprint density at radius 2 is 2.36 bits per heavy atom. The van der Waals surface area contributed by atoms with Gasteiger partial charge in [0.05, 0.1) is 6.04 Å². The molecule has 0 bridgehead atoms. The van der Waals surface area contributed by atoms with Crippen LogP contribution in [-0.4, -0.2) is 23.3 Å². The molecule has 11 heavy (non-hydrogen) atoms. The van der Waals surface area contributed by atoms with Gasteiger partial charge in [-0.05, 0) is 19.5 Å². The summed E-state index contributed by atoms with van der Waals surface area (Å²) in [4.78, 5) is 13.4. The van der Waals surface area contributed by atoms with Gasteiger partial charge in [0.2, 0.25) is 0 Å². The highest BCUT2D eigenvalue weighted by molar-refractivity contribution is 5.86. The highest BCUT2D eigenvalue weighted by Crippen LogP contribution is 2.13. The van der Waals surface area contributed by atoms with E-state index in [0.29, 0.717) is 12.2 Å². The van der Waals surface area contributed by atoms with Gasteiger partial charge >= 0.3 is 0 Å². The van der Waals surface area contributed by atoms with E-state index in [1.165, 1.54) is 0 Å². The molecule has 1 aliphatic heterocycles. The maximum Gasteiger partial charge on any atom is 0.158 e. The minimum absolute atomic E-state index is 0.144. The van der Waals surface area contributed by atoms with Crippen LogP contribution >= 0.6 is 0 Å². The average Bonchev–Trinajstić information content (AvgIpc) is 2.04. The molecular weight excluding hydrogens is 138 g/mol. The van der Waals surface area contributed by atoms with Gasteiger partial charge in [0.15, 0.2) is 5.78 Å². The van der Waals surface area contributed by atoms with E-state index >= 15 is 0 Å². The van der Waals surface area contributed by atoms with Crippen molar-refractivity contribution in [3.8, 4) is 0 Å². The molecule has 2 nitrogen and oxygen atoms in total. The van der Waals surface area contributed by atoms with E-state index in [-0.39, 0.29) is 6.04 Å². The molecule has 0 fully saturated rings. The van der Waals surface area contributed by atoms with Crippen molar-refractivity contribution < 1.29 is 4.79 Å². The van der Waals surface area contributed by atoms with Gasteiger partial charge in [0, 0.05) is 13.0 Å². The SMILES string of the molecule is CCC1C(=O)CC=CN1CC. The second-order valence-corrected chi connectivity index (χ2v) is 2.81. The number of Topliss-reactive ketones (excluding diaryl/α,β-unsaturated/α-hetero) is 1. The van der Waals surface area contributed by atoms with Crippen LogP contribution in [0.4, 0.5) is 0 Å². The Morgan fingerprint density at radius 3 is 2.82 bits per heavy atom. The van der Waals surface area contributed by atoms with Crippen LogP contribution in [0.1, 0.15) is 26.7 Å². The number of allylic oxidation sites excluding steroid dienone is 1. The molecule has 62 valence electrons. The van der Waals surface area contributed by atoms with Crippen molar-refractivity contribution in [2.75, 3.05) is 6.54 Å². The second-order valence-electron chi connectivity index (χ2n) is 2.81. The standard InChI is InChI=1S/C9H15NO/c1-3-8-9(11)6-5-7-10(8)4-2/h5,7-8H,3-4,6H2,1-2H3. The largest absolute Gasteiger partial charge is 0.368 e. The van der Waals surface area contributed by atoms with Crippen LogP contribution in [0.2, 0.25) is 0 Å². The van der Waals surface area contributed by atoms with E-state index in [1.54, 1.807) is 0 Å². The minimum Gasteiger partial charge on any atom is -0.368 e. The maximum absolute atomic E-state index is 11.3. The van der Waals surface area contributed by atoms with Crippen molar-refractivity contribution in [3.63, 3.8) is 0 Å². The van der Waals surface area contributed by atoms with Crippen LogP contribution < -0.4 is 0 Å². The Balaban J connectivity index is 2.68. The molecule has 1 unspecified atom stereocenters. The van der Waals surface area contributed by atoms with Crippen LogP contribution in [0.5, 0.6) is 0 Å². The van der Waals surface area contributed by atoms with Gasteiger partial charge < -0.3 is 4.90 Å². The van der Waals surface area contributed by atoms with E-state index in [0.717, 1.165) is 13.0 Å². The molecule has 0 saturated carbocycles. The van der Waals surface area contributed by atoms with Gasteiger partial charge in [-0.1, -0.05) is 13.0 Å². The monoisotopic (exact) mass is 153 g/mol. The Morgan fingerprint density at radius 1 is 1.64 bits per heavy atom. The maximum atomic E-state index is 11.3. The van der Waals surface area contributed by atoms with Crippen LogP contribution in [0.25, 0.3) is 0 Å². The highest BCUT2D eigenvalue weighted by atomic mass is 16.1. The van der Waals surface area contributed by atoms with Crippen molar-refractivity contribution in [1.82, 2.24) is 4.90 Å². The Kier molecular flexibility index (Phi) is 2.69. The lowest BCUT2D eigenvalue weighted by Crippen LogP contribution is -2.39. The topological polar surface area (TPSA) is 20.3 Å². The molecule has 0 aromatic carbocycles. The van der Waals surface area contributed by atoms with E-state index in [4.69, 9.17) is 0 Å². The molecule has 1 aliphatic rings. The molecule has 2 heteroatoms. The molecule has 0 aliphatic carbocycles. The first-order valence-electron chi connectivity index (χ1n) is 4.24. The summed E-state index contributed by atoms with van der Waals surface area (Å²) in [6.45, 7) is 5.07. The third kappa shape index (κ3) is 1.62. The summed E-state index contributed by atoms with van der Waals surface area (Å²) in [5.41, 5.74) is 0. The van der Waals surface area contributed by atoms with E-state index in [2.05, 4.69) is 18.7 Å². The summed E-state index contributed by atoms with van der Waals surface area (Å²) >= 11 is 0. The molecule has 0 aromatic rings. The van der Waals surface area contributed by atoms with Gasteiger partial charge in [-0.15, -0.1) is 0 Å². The first-order chi connectivity index (χ1) is 5.29. The normalized spacial score (nSPS) is 24.4. The lowest BCUT2D eigenvalue weighted by atomic mass is 10.0. The predicted octanol–water partition coefficient (Wildman–Crippen LogP) is 1.57. The van der Waals surface area contributed by atoms with Crippen molar-refractivity contribution >= 4 is 5.78 Å². The summed E-state index contributed by atoms with van der Waals surface area (Å²) in [5, 5.41) is 0. The number of ketones is 1. The van der Waals surface area contributed by atoms with E-state index in [1.807, 2.05) is 12.3 Å². The van der Waals surface area contributed by atoms with Crippen LogP contribution in [-0.2, 0) is 4.79 Å². The number of nitrogens with zero attached hydrogens (tertiary/aromatic N) is 1. The molecule has 0 radical (unpaired) electrons. The Hall–Kier alpha value is -0.790. The smallest absolute Gasteiger partial charge is 0.158 e. The number of likely N-dealkylation sites (N-methyl/N-ethyl adjacent to an activating group) is 1. The number of hydrogen-bond acceptors (Lipinski definition) is 2. The molecule has 0 aromatic heterocycles. The van der Waals surface area contributed by atoms with Gasteiger partial charge in [-0.2, -0.15) is 0 Å². The fourth-order valence-corrected chi connectivity index (χ4v) is 1.52. The molecule has 0 spiro atoms. The van der Waals surface area contributed by atoms with Gasteiger partial charge in [0.25, 0.3) is 0 Å². The lowest BCUT2D eigenvalue weighted by Gasteiger charge is -2.30. The Labute approximate surface area is 67.9 Å².